The van der Waals surface area contributed by atoms with Crippen molar-refractivity contribution in [2.75, 3.05) is 0 Å². The summed E-state index contributed by atoms with van der Waals surface area (Å²) in [5.74, 6) is 0. The summed E-state index contributed by atoms with van der Waals surface area (Å²) in [4.78, 5) is 0. The molecule has 128 valence electrons. The lowest BCUT2D eigenvalue weighted by Crippen LogP contribution is -1.85. The first-order valence-electron chi connectivity index (χ1n) is 9.22. The minimum Gasteiger partial charge on any atom is -0.0683 e. The van der Waals surface area contributed by atoms with Crippen molar-refractivity contribution in [1.82, 2.24) is 0 Å². The van der Waals surface area contributed by atoms with Crippen LogP contribution in [0, 0.1) is 0 Å². The molecular weight excluding hydrogens is 312 g/mol. The Hall–Kier alpha value is -3.12. The highest BCUT2D eigenvalue weighted by atomic mass is 14.1. The summed E-state index contributed by atoms with van der Waals surface area (Å²) in [6.45, 7) is 4.00. The molecule has 0 bridgehead atoms. The number of hydrogen-bond acceptors (Lipinski definition) is 0. The SMILES string of the molecule is CC.c1ccc(-c2ccc(-c3ccccc3-c3ccccc3)cc2)cc1. The van der Waals surface area contributed by atoms with E-state index in [-0.39, 0.29) is 0 Å². The molecule has 0 aromatic heterocycles. The summed E-state index contributed by atoms with van der Waals surface area (Å²) in [6, 6.07) is 38.5. The number of rotatable bonds is 3. The molecule has 0 heterocycles. The van der Waals surface area contributed by atoms with Gasteiger partial charge in [-0.1, -0.05) is 123 Å². The molecule has 0 heteroatoms. The van der Waals surface area contributed by atoms with Gasteiger partial charge in [0.05, 0.1) is 0 Å². The first kappa shape index (κ1) is 17.7. The Balaban J connectivity index is 0.000000948. The van der Waals surface area contributed by atoms with E-state index in [1.54, 1.807) is 0 Å². The molecule has 0 atom stereocenters. The van der Waals surface area contributed by atoms with Gasteiger partial charge in [0.15, 0.2) is 0 Å². The smallest absolute Gasteiger partial charge is 0.0105 e. The number of benzene rings is 4. The molecule has 4 aromatic rings. The highest BCUT2D eigenvalue weighted by Crippen LogP contribution is 2.33. The van der Waals surface area contributed by atoms with Crippen LogP contribution in [0.25, 0.3) is 33.4 Å². The Labute approximate surface area is 156 Å². The molecular formula is C26H24. The highest BCUT2D eigenvalue weighted by Gasteiger charge is 2.06. The van der Waals surface area contributed by atoms with E-state index in [1.807, 2.05) is 19.9 Å². The maximum absolute atomic E-state index is 2.21. The molecule has 26 heavy (non-hydrogen) atoms. The number of hydrogen-bond donors (Lipinski definition) is 0. The molecule has 0 spiro atoms. The first-order chi connectivity index (χ1) is 12.9. The third kappa shape index (κ3) is 3.92. The van der Waals surface area contributed by atoms with Crippen LogP contribution >= 0.6 is 0 Å². The minimum atomic E-state index is 1.24. The zero-order chi connectivity index (χ0) is 18.2. The summed E-state index contributed by atoms with van der Waals surface area (Å²) >= 11 is 0. The van der Waals surface area contributed by atoms with Crippen LogP contribution in [0.5, 0.6) is 0 Å². The van der Waals surface area contributed by atoms with Crippen molar-refractivity contribution in [1.29, 1.82) is 0 Å². The van der Waals surface area contributed by atoms with E-state index in [0.717, 1.165) is 0 Å². The molecule has 0 saturated heterocycles. The summed E-state index contributed by atoms with van der Waals surface area (Å²) < 4.78 is 0. The van der Waals surface area contributed by atoms with Crippen LogP contribution < -0.4 is 0 Å². The molecule has 0 saturated carbocycles. The van der Waals surface area contributed by atoms with Crippen molar-refractivity contribution in [3.05, 3.63) is 109 Å². The van der Waals surface area contributed by atoms with Crippen LogP contribution in [0.3, 0.4) is 0 Å². The normalized spacial score (nSPS) is 9.92. The standard InChI is InChI=1S/C24H18.C2H6/c1-3-9-19(10-4-1)20-15-17-22(18-16-20)24-14-8-7-13-23(24)21-11-5-2-6-12-21;1-2/h1-18H;1-2H3. The summed E-state index contributed by atoms with van der Waals surface area (Å²) in [6.07, 6.45) is 0. The van der Waals surface area contributed by atoms with Gasteiger partial charge in [0.2, 0.25) is 0 Å². The zero-order valence-electron chi connectivity index (χ0n) is 15.4. The molecule has 0 radical (unpaired) electrons. The van der Waals surface area contributed by atoms with Crippen molar-refractivity contribution in [3.63, 3.8) is 0 Å². The van der Waals surface area contributed by atoms with E-state index < -0.39 is 0 Å². The van der Waals surface area contributed by atoms with E-state index in [9.17, 15) is 0 Å². The maximum atomic E-state index is 2.21. The van der Waals surface area contributed by atoms with Crippen molar-refractivity contribution in [2.45, 2.75) is 13.8 Å². The highest BCUT2D eigenvalue weighted by molar-refractivity contribution is 5.84. The Morgan fingerprint density at radius 2 is 0.615 bits per heavy atom. The van der Waals surface area contributed by atoms with Crippen LogP contribution in [-0.4, -0.2) is 0 Å². The molecule has 0 fully saturated rings. The monoisotopic (exact) mass is 336 g/mol. The van der Waals surface area contributed by atoms with Gasteiger partial charge in [-0.2, -0.15) is 0 Å². The third-order valence-corrected chi connectivity index (χ3v) is 4.31. The summed E-state index contributed by atoms with van der Waals surface area (Å²) in [5.41, 5.74) is 7.53. The van der Waals surface area contributed by atoms with E-state index >= 15 is 0 Å². The van der Waals surface area contributed by atoms with E-state index in [4.69, 9.17) is 0 Å². The van der Waals surface area contributed by atoms with Crippen molar-refractivity contribution >= 4 is 0 Å². The fraction of sp³-hybridized carbons (Fsp3) is 0.0769. The van der Waals surface area contributed by atoms with Gasteiger partial charge in [0.1, 0.15) is 0 Å². The molecule has 0 aliphatic carbocycles. The summed E-state index contributed by atoms with van der Waals surface area (Å²) in [5, 5.41) is 0. The van der Waals surface area contributed by atoms with Gasteiger partial charge < -0.3 is 0 Å². The second-order valence-corrected chi connectivity index (χ2v) is 5.85. The van der Waals surface area contributed by atoms with Gasteiger partial charge in [-0.3, -0.25) is 0 Å². The lowest BCUT2D eigenvalue weighted by Gasteiger charge is -2.11. The Morgan fingerprint density at radius 3 is 1.12 bits per heavy atom. The third-order valence-electron chi connectivity index (χ3n) is 4.31. The molecule has 0 N–H and O–H groups in total. The molecule has 4 rings (SSSR count). The molecule has 4 aromatic carbocycles. The van der Waals surface area contributed by atoms with Gasteiger partial charge in [-0.25, -0.2) is 0 Å². The maximum Gasteiger partial charge on any atom is -0.0105 e. The van der Waals surface area contributed by atoms with Gasteiger partial charge in [0.25, 0.3) is 0 Å². The van der Waals surface area contributed by atoms with Crippen LogP contribution in [0.4, 0.5) is 0 Å². The predicted octanol–water partition coefficient (Wildman–Crippen LogP) is 7.71. The quantitative estimate of drug-likeness (QED) is 0.359. The molecule has 0 aliphatic rings. The largest absolute Gasteiger partial charge is 0.0683 e. The zero-order valence-corrected chi connectivity index (χ0v) is 15.4. The lowest BCUT2D eigenvalue weighted by atomic mass is 9.93. The van der Waals surface area contributed by atoms with Crippen LogP contribution in [-0.2, 0) is 0 Å². The lowest BCUT2D eigenvalue weighted by molar-refractivity contribution is 1.50. The molecule has 0 nitrogen and oxygen atoms in total. The summed E-state index contributed by atoms with van der Waals surface area (Å²) in [7, 11) is 0. The van der Waals surface area contributed by atoms with E-state index in [2.05, 4.69) is 103 Å². The van der Waals surface area contributed by atoms with Crippen LogP contribution in [0.15, 0.2) is 109 Å². The van der Waals surface area contributed by atoms with Gasteiger partial charge in [0, 0.05) is 0 Å². The first-order valence-corrected chi connectivity index (χ1v) is 9.22. The van der Waals surface area contributed by atoms with Crippen molar-refractivity contribution in [3.8, 4) is 33.4 Å². The van der Waals surface area contributed by atoms with Crippen LogP contribution in [0.2, 0.25) is 0 Å². The Bertz CT molecular complexity index is 920. The second kappa shape index (κ2) is 8.82. The van der Waals surface area contributed by atoms with Crippen molar-refractivity contribution in [2.24, 2.45) is 0 Å². The molecule has 0 amide bonds. The second-order valence-electron chi connectivity index (χ2n) is 5.85. The van der Waals surface area contributed by atoms with E-state index in [1.165, 1.54) is 33.4 Å². The molecule has 0 aliphatic heterocycles. The van der Waals surface area contributed by atoms with Gasteiger partial charge in [-0.15, -0.1) is 0 Å². The van der Waals surface area contributed by atoms with Crippen LogP contribution in [0.1, 0.15) is 13.8 Å². The molecule has 0 unspecified atom stereocenters. The van der Waals surface area contributed by atoms with Crippen molar-refractivity contribution < 1.29 is 0 Å². The predicted molar refractivity (Wildman–Crippen MR) is 114 cm³/mol. The Kier molecular flexibility index (Phi) is 6.01. The average Bonchev–Trinajstić information content (AvgIpc) is 2.76. The van der Waals surface area contributed by atoms with E-state index in [0.29, 0.717) is 0 Å². The average molecular weight is 336 g/mol. The van der Waals surface area contributed by atoms with Gasteiger partial charge >= 0.3 is 0 Å². The minimum absolute atomic E-state index is 1.24. The topological polar surface area (TPSA) is 0 Å². The Morgan fingerprint density at radius 1 is 0.308 bits per heavy atom. The fourth-order valence-corrected chi connectivity index (χ4v) is 3.08. The van der Waals surface area contributed by atoms with Gasteiger partial charge in [-0.05, 0) is 33.4 Å². The fourth-order valence-electron chi connectivity index (χ4n) is 3.08.